The number of carbonyl (C=O) groups is 1. The monoisotopic (exact) mass is 290 g/mol. The summed E-state index contributed by atoms with van der Waals surface area (Å²) in [4.78, 5) is 10.4. The van der Waals surface area contributed by atoms with Crippen LogP contribution in [0.5, 0.6) is 0 Å². The molecule has 1 aliphatic carbocycles. The van der Waals surface area contributed by atoms with Crippen molar-refractivity contribution in [2.45, 2.75) is 17.4 Å². The van der Waals surface area contributed by atoms with Crippen LogP contribution in [0.25, 0.3) is 0 Å². The Labute approximate surface area is 114 Å². The van der Waals surface area contributed by atoms with E-state index in [1.807, 2.05) is 30.3 Å². The van der Waals surface area contributed by atoms with Crippen LogP contribution in [0.1, 0.15) is 5.56 Å². The number of ketones is 1. The van der Waals surface area contributed by atoms with E-state index in [9.17, 15) is 9.90 Å². The van der Waals surface area contributed by atoms with Crippen LogP contribution in [0, 0.1) is 0 Å². The van der Waals surface area contributed by atoms with Crippen molar-refractivity contribution in [3.63, 3.8) is 0 Å². The highest BCUT2D eigenvalue weighted by molar-refractivity contribution is 6.57. The lowest BCUT2D eigenvalue weighted by Gasteiger charge is -2.24. The summed E-state index contributed by atoms with van der Waals surface area (Å²) in [5.41, 5.74) is 0.839. The fourth-order valence-corrected chi connectivity index (χ4v) is 2.81. The van der Waals surface area contributed by atoms with E-state index in [0.29, 0.717) is 0 Å². The molecule has 0 heterocycles. The third-order valence-electron chi connectivity index (χ3n) is 2.76. The van der Waals surface area contributed by atoms with Crippen LogP contribution in [0.15, 0.2) is 40.4 Å². The van der Waals surface area contributed by atoms with Crippen molar-refractivity contribution in [3.8, 4) is 0 Å². The smallest absolute Gasteiger partial charge is 0.199 e. The van der Waals surface area contributed by atoms with Crippen molar-refractivity contribution in [2.75, 3.05) is 0 Å². The molecule has 0 fully saturated rings. The maximum Gasteiger partial charge on any atom is 0.199 e. The molecule has 2 unspecified atom stereocenters. The Morgan fingerprint density at radius 1 is 1.24 bits per heavy atom. The Bertz CT molecular complexity index is 484. The second kappa shape index (κ2) is 4.62. The molecule has 0 aliphatic heterocycles. The molecule has 0 saturated carbocycles. The van der Waals surface area contributed by atoms with E-state index in [2.05, 4.69) is 0 Å². The summed E-state index contributed by atoms with van der Waals surface area (Å²) in [6.07, 6.45) is -1.08. The van der Waals surface area contributed by atoms with Crippen LogP contribution in [0.2, 0.25) is 0 Å². The SMILES string of the molecule is O=C1C(Cl)=C(Cl)C(O)C1(Cl)Cc1ccccc1. The van der Waals surface area contributed by atoms with Gasteiger partial charge in [-0.15, -0.1) is 11.6 Å². The average molecular weight is 292 g/mol. The van der Waals surface area contributed by atoms with Gasteiger partial charge in [-0.3, -0.25) is 4.79 Å². The molecular weight excluding hydrogens is 282 g/mol. The largest absolute Gasteiger partial charge is 0.385 e. The number of benzene rings is 1. The minimum absolute atomic E-state index is 0.0809. The molecule has 0 amide bonds. The first kappa shape index (κ1) is 12.9. The molecule has 5 heteroatoms. The van der Waals surface area contributed by atoms with E-state index < -0.39 is 16.8 Å². The summed E-state index contributed by atoms with van der Waals surface area (Å²) < 4.78 is 0. The molecular formula is C12H9Cl3O2. The van der Waals surface area contributed by atoms with Gasteiger partial charge >= 0.3 is 0 Å². The normalized spacial score (nSPS) is 28.9. The van der Waals surface area contributed by atoms with Crippen LogP contribution in [0.4, 0.5) is 0 Å². The Morgan fingerprint density at radius 3 is 2.29 bits per heavy atom. The molecule has 2 atom stereocenters. The van der Waals surface area contributed by atoms with Gasteiger partial charge in [0.15, 0.2) is 5.78 Å². The molecule has 17 heavy (non-hydrogen) atoms. The number of hydrogen-bond acceptors (Lipinski definition) is 2. The summed E-state index contributed by atoms with van der Waals surface area (Å²) in [6, 6.07) is 9.17. The van der Waals surface area contributed by atoms with Gasteiger partial charge in [-0.2, -0.15) is 0 Å². The first-order valence-corrected chi connectivity index (χ1v) is 6.11. The van der Waals surface area contributed by atoms with Crippen LogP contribution in [-0.2, 0) is 11.2 Å². The Kier molecular flexibility index (Phi) is 3.50. The molecule has 2 rings (SSSR count). The van der Waals surface area contributed by atoms with Crippen LogP contribution < -0.4 is 0 Å². The fraction of sp³-hybridized carbons (Fsp3) is 0.250. The molecule has 1 aromatic rings. The van der Waals surface area contributed by atoms with Crippen molar-refractivity contribution in [3.05, 3.63) is 46.0 Å². The van der Waals surface area contributed by atoms with E-state index in [0.717, 1.165) is 5.56 Å². The zero-order chi connectivity index (χ0) is 12.6. The number of Topliss-reactive ketones (excluding diaryl/α,β-unsaturated/α-hetero) is 1. The number of aliphatic hydroxyl groups excluding tert-OH is 1. The third kappa shape index (κ3) is 2.11. The van der Waals surface area contributed by atoms with Gasteiger partial charge in [-0.1, -0.05) is 53.5 Å². The maximum absolute atomic E-state index is 11.9. The van der Waals surface area contributed by atoms with Crippen molar-refractivity contribution >= 4 is 40.6 Å². The highest BCUT2D eigenvalue weighted by Gasteiger charge is 2.52. The molecule has 90 valence electrons. The number of alkyl halides is 1. The van der Waals surface area contributed by atoms with Crippen molar-refractivity contribution in [2.24, 2.45) is 0 Å². The standard InChI is InChI=1S/C12H9Cl3O2/c13-8-9(14)11(17)12(15,10(8)16)6-7-4-2-1-3-5-7/h1-5,10,16H,6H2. The van der Waals surface area contributed by atoms with Crippen LogP contribution >= 0.6 is 34.8 Å². The Morgan fingerprint density at radius 2 is 1.82 bits per heavy atom. The van der Waals surface area contributed by atoms with E-state index in [1.54, 1.807) is 0 Å². The molecule has 0 spiro atoms. The number of allylic oxidation sites excluding steroid dienone is 1. The molecule has 0 aromatic heterocycles. The van der Waals surface area contributed by atoms with Crippen molar-refractivity contribution in [1.82, 2.24) is 0 Å². The van der Waals surface area contributed by atoms with Gasteiger partial charge in [0, 0.05) is 6.42 Å². The second-order valence-electron chi connectivity index (χ2n) is 3.92. The molecule has 1 aliphatic rings. The van der Waals surface area contributed by atoms with Crippen molar-refractivity contribution < 1.29 is 9.90 Å². The van der Waals surface area contributed by atoms with Gasteiger partial charge in [0.25, 0.3) is 0 Å². The number of halogens is 3. The Hall–Kier alpha value is -0.540. The predicted molar refractivity (Wildman–Crippen MR) is 68.5 cm³/mol. The zero-order valence-electron chi connectivity index (χ0n) is 8.66. The van der Waals surface area contributed by atoms with Gasteiger partial charge in [-0.25, -0.2) is 0 Å². The average Bonchev–Trinajstić information content (AvgIpc) is 2.47. The van der Waals surface area contributed by atoms with Gasteiger partial charge in [-0.05, 0) is 5.56 Å². The fourth-order valence-electron chi connectivity index (χ4n) is 1.81. The topological polar surface area (TPSA) is 37.3 Å². The number of rotatable bonds is 2. The summed E-state index contributed by atoms with van der Waals surface area (Å²) >= 11 is 17.6. The zero-order valence-corrected chi connectivity index (χ0v) is 10.9. The number of hydrogen-bond donors (Lipinski definition) is 1. The van der Waals surface area contributed by atoms with E-state index in [1.165, 1.54) is 0 Å². The second-order valence-corrected chi connectivity index (χ2v) is 5.38. The third-order valence-corrected chi connectivity index (χ3v) is 4.14. The van der Waals surface area contributed by atoms with Gasteiger partial charge < -0.3 is 5.11 Å². The van der Waals surface area contributed by atoms with E-state index in [-0.39, 0.29) is 16.5 Å². The molecule has 0 bridgehead atoms. The predicted octanol–water partition coefficient (Wildman–Crippen LogP) is 2.84. The van der Waals surface area contributed by atoms with E-state index in [4.69, 9.17) is 34.8 Å². The summed E-state index contributed by atoms with van der Waals surface area (Å²) in [5.74, 6) is -0.526. The summed E-state index contributed by atoms with van der Waals surface area (Å²) in [7, 11) is 0. The van der Waals surface area contributed by atoms with Gasteiger partial charge in [0.1, 0.15) is 16.0 Å². The lowest BCUT2D eigenvalue weighted by atomic mass is 9.93. The van der Waals surface area contributed by atoms with Gasteiger partial charge in [0.2, 0.25) is 0 Å². The lowest BCUT2D eigenvalue weighted by Crippen LogP contribution is -2.41. The molecule has 0 radical (unpaired) electrons. The molecule has 2 nitrogen and oxygen atoms in total. The highest BCUT2D eigenvalue weighted by Crippen LogP contribution is 2.42. The molecule has 1 N–H and O–H groups in total. The highest BCUT2D eigenvalue weighted by atomic mass is 35.5. The minimum Gasteiger partial charge on any atom is -0.385 e. The van der Waals surface area contributed by atoms with Crippen LogP contribution in [0.3, 0.4) is 0 Å². The van der Waals surface area contributed by atoms with Gasteiger partial charge in [0.05, 0.1) is 5.03 Å². The lowest BCUT2D eigenvalue weighted by molar-refractivity contribution is -0.118. The first-order valence-electron chi connectivity index (χ1n) is 4.97. The van der Waals surface area contributed by atoms with Crippen LogP contribution in [-0.4, -0.2) is 21.9 Å². The summed E-state index contributed by atoms with van der Waals surface area (Å²) in [6.45, 7) is 0. The van der Waals surface area contributed by atoms with E-state index >= 15 is 0 Å². The quantitative estimate of drug-likeness (QED) is 0.851. The first-order chi connectivity index (χ1) is 7.97. The maximum atomic E-state index is 11.9. The minimum atomic E-state index is -1.49. The summed E-state index contributed by atoms with van der Waals surface area (Å²) in [5, 5.41) is 9.64. The molecule has 0 saturated heterocycles. The molecule has 1 aromatic carbocycles. The Balaban J connectivity index is 2.31. The number of carbonyl (C=O) groups excluding carboxylic acids is 1. The van der Waals surface area contributed by atoms with Crippen molar-refractivity contribution in [1.29, 1.82) is 0 Å². The number of aliphatic hydroxyl groups is 1.